The van der Waals surface area contributed by atoms with Gasteiger partial charge in [0.25, 0.3) is 0 Å². The van der Waals surface area contributed by atoms with Crippen molar-refractivity contribution < 1.29 is 9.47 Å². The lowest BCUT2D eigenvalue weighted by molar-refractivity contribution is 0.277. The molecule has 122 valence electrons. The van der Waals surface area contributed by atoms with Gasteiger partial charge in [0.2, 0.25) is 0 Å². The van der Waals surface area contributed by atoms with E-state index >= 15 is 0 Å². The minimum absolute atomic E-state index is 0.502. The zero-order valence-electron chi connectivity index (χ0n) is 13.8. The Labute approximate surface area is 141 Å². The Balaban J connectivity index is 1.94. The van der Waals surface area contributed by atoms with Crippen LogP contribution in [-0.2, 0) is 13.2 Å². The third kappa shape index (κ3) is 2.07. The molecular formula is C20H20N2O2. The summed E-state index contributed by atoms with van der Waals surface area (Å²) in [4.78, 5) is 0. The average Bonchev–Trinajstić information content (AvgIpc) is 2.63. The molecule has 0 fully saturated rings. The summed E-state index contributed by atoms with van der Waals surface area (Å²) in [6, 6.07) is 8.30. The molecule has 24 heavy (non-hydrogen) atoms. The van der Waals surface area contributed by atoms with Crippen molar-refractivity contribution in [3.05, 3.63) is 58.8 Å². The van der Waals surface area contributed by atoms with Gasteiger partial charge in [-0.1, -0.05) is 6.08 Å². The number of ether oxygens (including phenoxy) is 2. The van der Waals surface area contributed by atoms with E-state index in [4.69, 9.17) is 20.9 Å². The molecule has 0 saturated carbocycles. The molecule has 0 atom stereocenters. The van der Waals surface area contributed by atoms with Crippen LogP contribution in [0.3, 0.4) is 0 Å². The normalized spacial score (nSPS) is 15.4. The Bertz CT molecular complexity index is 784. The first-order chi connectivity index (χ1) is 11.6. The van der Waals surface area contributed by atoms with E-state index in [1.54, 1.807) is 0 Å². The van der Waals surface area contributed by atoms with Gasteiger partial charge in [-0.15, -0.1) is 0 Å². The van der Waals surface area contributed by atoms with Crippen molar-refractivity contribution in [3.63, 3.8) is 0 Å². The summed E-state index contributed by atoms with van der Waals surface area (Å²) < 4.78 is 12.1. The van der Waals surface area contributed by atoms with E-state index < -0.39 is 0 Å². The van der Waals surface area contributed by atoms with Gasteiger partial charge in [0.1, 0.15) is 24.7 Å². The molecule has 2 aliphatic heterocycles. The lowest BCUT2D eigenvalue weighted by Crippen LogP contribution is -2.16. The number of benzene rings is 2. The summed E-state index contributed by atoms with van der Waals surface area (Å²) in [5, 5.41) is 0. The zero-order chi connectivity index (χ0) is 16.8. The van der Waals surface area contributed by atoms with E-state index in [0.29, 0.717) is 18.9 Å². The number of hydrogen-bond donors (Lipinski definition) is 2. The molecule has 4 heteroatoms. The minimum Gasteiger partial charge on any atom is -0.488 e. The standard InChI is InChI=1S/C20H20N2O2/c1-3-11(2)12-4-14-9-24-18-7-13(16(22)8-21)5-15-10-23-17(6-12)19(14)20(15)18/h3-8H,9-10,21-22H2,1-2H3/b11-3+,16-8-. The van der Waals surface area contributed by atoms with Crippen molar-refractivity contribution in [2.75, 3.05) is 0 Å². The lowest BCUT2D eigenvalue weighted by Gasteiger charge is -2.30. The highest BCUT2D eigenvalue weighted by Crippen LogP contribution is 2.49. The van der Waals surface area contributed by atoms with Crippen LogP contribution in [0.5, 0.6) is 11.5 Å². The SMILES string of the molecule is C/C=C(\C)c1cc2c3c(c1)OCc1cc(/C(N)=C/N)cc(c1-3)OC2. The first-order valence-corrected chi connectivity index (χ1v) is 8.03. The summed E-state index contributed by atoms with van der Waals surface area (Å²) in [5.74, 6) is 1.77. The summed E-state index contributed by atoms with van der Waals surface area (Å²) in [5.41, 5.74) is 19.8. The van der Waals surface area contributed by atoms with Crippen molar-refractivity contribution in [2.24, 2.45) is 11.5 Å². The smallest absolute Gasteiger partial charge is 0.128 e. The summed E-state index contributed by atoms with van der Waals surface area (Å²) in [6.45, 7) is 5.18. The molecule has 4 rings (SSSR count). The molecule has 2 aromatic carbocycles. The number of rotatable bonds is 2. The third-order valence-electron chi connectivity index (χ3n) is 4.79. The van der Waals surface area contributed by atoms with Gasteiger partial charge in [0.05, 0.1) is 5.70 Å². The van der Waals surface area contributed by atoms with E-state index in [0.717, 1.165) is 39.3 Å². The second-order valence-electron chi connectivity index (χ2n) is 6.19. The van der Waals surface area contributed by atoms with E-state index in [-0.39, 0.29) is 0 Å². The number of nitrogens with two attached hydrogens (primary N) is 2. The first kappa shape index (κ1) is 14.7. The molecule has 2 heterocycles. The van der Waals surface area contributed by atoms with Crippen molar-refractivity contribution in [1.29, 1.82) is 0 Å². The first-order valence-electron chi connectivity index (χ1n) is 8.03. The fourth-order valence-corrected chi connectivity index (χ4v) is 3.34. The maximum absolute atomic E-state index is 6.05. The minimum atomic E-state index is 0.502. The molecule has 0 saturated heterocycles. The third-order valence-corrected chi connectivity index (χ3v) is 4.79. The Morgan fingerprint density at radius 3 is 2.04 bits per heavy atom. The van der Waals surface area contributed by atoms with Crippen LogP contribution >= 0.6 is 0 Å². The monoisotopic (exact) mass is 320 g/mol. The Morgan fingerprint density at radius 1 is 0.958 bits per heavy atom. The van der Waals surface area contributed by atoms with Gasteiger partial charge in [0.15, 0.2) is 0 Å². The maximum Gasteiger partial charge on any atom is 0.128 e. The summed E-state index contributed by atoms with van der Waals surface area (Å²) in [6.07, 6.45) is 3.51. The topological polar surface area (TPSA) is 70.5 Å². The van der Waals surface area contributed by atoms with Gasteiger partial charge >= 0.3 is 0 Å². The van der Waals surface area contributed by atoms with Crippen LogP contribution in [0.1, 0.15) is 36.1 Å². The molecule has 0 amide bonds. The highest BCUT2D eigenvalue weighted by Gasteiger charge is 2.29. The highest BCUT2D eigenvalue weighted by atomic mass is 16.5. The van der Waals surface area contributed by atoms with Crippen LogP contribution in [-0.4, -0.2) is 0 Å². The molecule has 2 aromatic rings. The predicted octanol–water partition coefficient (Wildman–Crippen LogP) is 3.78. The molecule has 2 aliphatic rings. The molecule has 0 spiro atoms. The van der Waals surface area contributed by atoms with E-state index in [2.05, 4.69) is 25.1 Å². The van der Waals surface area contributed by atoms with E-state index in [1.165, 1.54) is 17.3 Å². The van der Waals surface area contributed by atoms with Gasteiger partial charge in [-0.25, -0.2) is 0 Å². The van der Waals surface area contributed by atoms with Gasteiger partial charge in [-0.2, -0.15) is 0 Å². The fraction of sp³-hybridized carbons (Fsp3) is 0.200. The highest BCUT2D eigenvalue weighted by molar-refractivity contribution is 5.87. The molecule has 0 aliphatic carbocycles. The molecule has 4 nitrogen and oxygen atoms in total. The zero-order valence-corrected chi connectivity index (χ0v) is 13.8. The number of hydrogen-bond acceptors (Lipinski definition) is 4. The molecule has 0 bridgehead atoms. The Morgan fingerprint density at radius 2 is 1.50 bits per heavy atom. The summed E-state index contributed by atoms with van der Waals surface area (Å²) in [7, 11) is 0. The van der Waals surface area contributed by atoms with Gasteiger partial charge in [0, 0.05) is 34.0 Å². The van der Waals surface area contributed by atoms with Gasteiger partial charge in [-0.05, 0) is 49.2 Å². The number of allylic oxidation sites excluding steroid dienone is 2. The van der Waals surface area contributed by atoms with Crippen molar-refractivity contribution in [3.8, 4) is 22.6 Å². The molecular weight excluding hydrogens is 300 g/mol. The predicted molar refractivity (Wildman–Crippen MR) is 96.2 cm³/mol. The van der Waals surface area contributed by atoms with Crippen LogP contribution in [0, 0.1) is 0 Å². The van der Waals surface area contributed by atoms with Crippen molar-refractivity contribution in [1.82, 2.24) is 0 Å². The van der Waals surface area contributed by atoms with E-state index in [1.807, 2.05) is 19.1 Å². The van der Waals surface area contributed by atoms with Crippen LogP contribution in [0.15, 0.2) is 36.5 Å². The van der Waals surface area contributed by atoms with Crippen molar-refractivity contribution >= 4 is 11.3 Å². The Kier molecular flexibility index (Phi) is 3.27. The molecule has 0 radical (unpaired) electrons. The molecule has 0 aromatic heterocycles. The fourth-order valence-electron chi connectivity index (χ4n) is 3.34. The quantitative estimate of drug-likeness (QED) is 0.883. The largest absolute Gasteiger partial charge is 0.488 e. The van der Waals surface area contributed by atoms with Crippen LogP contribution in [0.25, 0.3) is 22.4 Å². The van der Waals surface area contributed by atoms with Crippen LogP contribution in [0.4, 0.5) is 0 Å². The van der Waals surface area contributed by atoms with Crippen LogP contribution < -0.4 is 20.9 Å². The van der Waals surface area contributed by atoms with E-state index in [9.17, 15) is 0 Å². The van der Waals surface area contributed by atoms with Gasteiger partial charge in [-0.3, -0.25) is 0 Å². The second-order valence-corrected chi connectivity index (χ2v) is 6.19. The Hall–Kier alpha value is -2.88. The maximum atomic E-state index is 6.05. The molecule has 0 unspecified atom stereocenters. The average molecular weight is 320 g/mol. The van der Waals surface area contributed by atoms with Crippen molar-refractivity contribution in [2.45, 2.75) is 27.1 Å². The van der Waals surface area contributed by atoms with Gasteiger partial charge < -0.3 is 20.9 Å². The second kappa shape index (κ2) is 5.34. The summed E-state index contributed by atoms with van der Waals surface area (Å²) >= 11 is 0. The molecule has 4 N–H and O–H groups in total. The van der Waals surface area contributed by atoms with Crippen LogP contribution in [0.2, 0.25) is 0 Å². The lowest BCUT2D eigenvalue weighted by atomic mass is 9.87.